The third-order valence-corrected chi connectivity index (χ3v) is 2.14. The van der Waals surface area contributed by atoms with Crippen LogP contribution in [0.15, 0.2) is 24.4 Å². The van der Waals surface area contributed by atoms with Gasteiger partial charge in [0.1, 0.15) is 0 Å². The van der Waals surface area contributed by atoms with E-state index in [2.05, 4.69) is 0 Å². The largest absolute Gasteiger partial charge is 0.426 e. The minimum Gasteiger partial charge on any atom is -0.242 e. The Bertz CT molecular complexity index is 403. The number of carbonyl (C=O) groups is 1. The van der Waals surface area contributed by atoms with Crippen molar-refractivity contribution >= 4 is 11.7 Å². The Balaban J connectivity index is 2.30. The number of rotatable bonds is 1. The van der Waals surface area contributed by atoms with E-state index in [1.54, 1.807) is 18.3 Å². The zero-order valence-electron chi connectivity index (χ0n) is 7.66. The lowest BCUT2D eigenvalue weighted by Crippen LogP contribution is -2.36. The standard InChI is InChI=1S/C9H8F3N2O/c10-9(11,12)6-14-7-3-1-2-4-13(7)5-8(14)15/h1-4H,5-6H2/q+1. The van der Waals surface area contributed by atoms with E-state index in [1.807, 2.05) is 0 Å². The molecule has 1 amide bonds. The molecule has 0 atom stereocenters. The topological polar surface area (TPSA) is 24.2 Å². The predicted octanol–water partition coefficient (Wildman–Crippen LogP) is 0.883. The number of alkyl halides is 3. The van der Waals surface area contributed by atoms with Crippen molar-refractivity contribution in [1.29, 1.82) is 0 Å². The quantitative estimate of drug-likeness (QED) is 0.641. The molecule has 0 aliphatic carbocycles. The molecule has 1 aliphatic heterocycles. The van der Waals surface area contributed by atoms with Crippen LogP contribution >= 0.6 is 0 Å². The molecule has 0 N–H and O–H groups in total. The number of carbonyl (C=O) groups excluding carboxylic acids is 1. The van der Waals surface area contributed by atoms with E-state index in [0.717, 1.165) is 4.90 Å². The van der Waals surface area contributed by atoms with Crippen LogP contribution in [0.4, 0.5) is 19.0 Å². The molecule has 0 saturated heterocycles. The van der Waals surface area contributed by atoms with Crippen LogP contribution in [0.1, 0.15) is 0 Å². The second kappa shape index (κ2) is 3.22. The molecule has 0 fully saturated rings. The highest BCUT2D eigenvalue weighted by Crippen LogP contribution is 2.22. The molecule has 0 bridgehead atoms. The monoisotopic (exact) mass is 217 g/mol. The summed E-state index contributed by atoms with van der Waals surface area (Å²) in [5.41, 5.74) is 0. The average Bonchev–Trinajstić information content (AvgIpc) is 2.41. The van der Waals surface area contributed by atoms with Crippen LogP contribution in [0.5, 0.6) is 0 Å². The summed E-state index contributed by atoms with van der Waals surface area (Å²) in [5, 5.41) is 0. The Morgan fingerprint density at radius 1 is 1.40 bits per heavy atom. The molecular weight excluding hydrogens is 209 g/mol. The molecule has 0 spiro atoms. The number of hydrogen-bond acceptors (Lipinski definition) is 1. The number of halogens is 3. The summed E-state index contributed by atoms with van der Waals surface area (Å²) in [6.07, 6.45) is -2.78. The molecule has 6 heteroatoms. The maximum absolute atomic E-state index is 12.2. The van der Waals surface area contributed by atoms with Crippen molar-refractivity contribution in [2.24, 2.45) is 0 Å². The number of anilines is 1. The Morgan fingerprint density at radius 3 is 2.80 bits per heavy atom. The molecular formula is C9H8F3N2O+. The highest BCUT2D eigenvalue weighted by molar-refractivity contribution is 5.92. The van der Waals surface area contributed by atoms with Crippen molar-refractivity contribution in [2.45, 2.75) is 12.7 Å². The fourth-order valence-corrected chi connectivity index (χ4v) is 1.55. The molecule has 1 aromatic heterocycles. The minimum atomic E-state index is -4.37. The van der Waals surface area contributed by atoms with Gasteiger partial charge in [-0.15, -0.1) is 0 Å². The van der Waals surface area contributed by atoms with Gasteiger partial charge < -0.3 is 0 Å². The van der Waals surface area contributed by atoms with Gasteiger partial charge in [-0.25, -0.2) is 9.36 Å². The number of pyridine rings is 1. The molecule has 0 unspecified atom stereocenters. The summed E-state index contributed by atoms with van der Waals surface area (Å²) in [5.74, 6) is -0.238. The second-order valence-corrected chi connectivity index (χ2v) is 3.28. The van der Waals surface area contributed by atoms with Gasteiger partial charge in [-0.1, -0.05) is 6.07 Å². The molecule has 0 radical (unpaired) electrons. The summed E-state index contributed by atoms with van der Waals surface area (Å²) in [6, 6.07) is 4.78. The number of amides is 1. The van der Waals surface area contributed by atoms with E-state index >= 15 is 0 Å². The van der Waals surface area contributed by atoms with Gasteiger partial charge in [0.15, 0.2) is 13.1 Å². The Labute approximate surface area is 83.7 Å². The zero-order chi connectivity index (χ0) is 11.1. The van der Waals surface area contributed by atoms with Crippen LogP contribution in [0.2, 0.25) is 0 Å². The first-order valence-corrected chi connectivity index (χ1v) is 4.33. The van der Waals surface area contributed by atoms with Gasteiger partial charge in [0.2, 0.25) is 0 Å². The molecule has 15 heavy (non-hydrogen) atoms. The van der Waals surface area contributed by atoms with Crippen molar-refractivity contribution < 1.29 is 22.5 Å². The van der Waals surface area contributed by atoms with Gasteiger partial charge in [0, 0.05) is 6.07 Å². The molecule has 2 heterocycles. The summed E-state index contributed by atoms with van der Waals surface area (Å²) < 4.78 is 38.0. The van der Waals surface area contributed by atoms with Gasteiger partial charge >= 0.3 is 12.1 Å². The maximum Gasteiger partial charge on any atom is 0.426 e. The maximum atomic E-state index is 12.2. The van der Waals surface area contributed by atoms with Crippen LogP contribution in [-0.2, 0) is 11.3 Å². The fraction of sp³-hybridized carbons (Fsp3) is 0.333. The Morgan fingerprint density at radius 2 is 2.13 bits per heavy atom. The van der Waals surface area contributed by atoms with Gasteiger partial charge in [-0.05, 0) is 6.07 Å². The smallest absolute Gasteiger partial charge is 0.242 e. The summed E-state index contributed by atoms with van der Waals surface area (Å²) >= 11 is 0. The second-order valence-electron chi connectivity index (χ2n) is 3.28. The van der Waals surface area contributed by atoms with E-state index in [9.17, 15) is 18.0 Å². The third kappa shape index (κ3) is 1.93. The molecule has 2 rings (SSSR count). The lowest BCUT2D eigenvalue weighted by molar-refractivity contribution is -0.664. The summed E-state index contributed by atoms with van der Waals surface area (Å²) in [7, 11) is 0. The Hall–Kier alpha value is -1.59. The van der Waals surface area contributed by atoms with Crippen LogP contribution < -0.4 is 9.47 Å². The lowest BCUT2D eigenvalue weighted by Gasteiger charge is -2.10. The number of hydrogen-bond donors (Lipinski definition) is 0. The highest BCUT2D eigenvalue weighted by atomic mass is 19.4. The van der Waals surface area contributed by atoms with E-state index in [4.69, 9.17) is 0 Å². The molecule has 80 valence electrons. The van der Waals surface area contributed by atoms with E-state index in [1.165, 1.54) is 10.6 Å². The first kappa shape index (κ1) is 9.95. The van der Waals surface area contributed by atoms with Crippen molar-refractivity contribution in [3.05, 3.63) is 24.4 Å². The van der Waals surface area contributed by atoms with Crippen molar-refractivity contribution in [3.63, 3.8) is 0 Å². The minimum absolute atomic E-state index is 0.0216. The van der Waals surface area contributed by atoms with Crippen LogP contribution in [0.3, 0.4) is 0 Å². The van der Waals surface area contributed by atoms with Crippen LogP contribution in [-0.4, -0.2) is 18.6 Å². The average molecular weight is 217 g/mol. The molecule has 1 aliphatic rings. The number of nitrogens with zero attached hydrogens (tertiary/aromatic N) is 2. The number of fused-ring (bicyclic) bond motifs is 1. The van der Waals surface area contributed by atoms with Gasteiger partial charge in [-0.3, -0.25) is 0 Å². The first-order valence-electron chi connectivity index (χ1n) is 4.33. The first-order chi connectivity index (χ1) is 6.97. The van der Waals surface area contributed by atoms with Crippen LogP contribution in [0.25, 0.3) is 0 Å². The molecule has 3 nitrogen and oxygen atoms in total. The summed E-state index contributed by atoms with van der Waals surface area (Å²) in [6.45, 7) is -1.25. The predicted molar refractivity (Wildman–Crippen MR) is 45.0 cm³/mol. The molecule has 1 aromatic rings. The number of aromatic nitrogens is 1. The van der Waals surface area contributed by atoms with E-state index in [-0.39, 0.29) is 6.54 Å². The van der Waals surface area contributed by atoms with Crippen molar-refractivity contribution in [3.8, 4) is 0 Å². The van der Waals surface area contributed by atoms with Crippen molar-refractivity contribution in [1.82, 2.24) is 0 Å². The van der Waals surface area contributed by atoms with Gasteiger partial charge in [0.05, 0.1) is 6.20 Å². The Kier molecular flexibility index (Phi) is 2.13. The van der Waals surface area contributed by atoms with E-state index < -0.39 is 18.6 Å². The van der Waals surface area contributed by atoms with Crippen molar-refractivity contribution in [2.75, 3.05) is 11.4 Å². The molecule has 0 saturated carbocycles. The SMILES string of the molecule is O=C1C[n+]2ccccc2N1CC(F)(F)F. The van der Waals surface area contributed by atoms with Gasteiger partial charge in [-0.2, -0.15) is 18.1 Å². The molecule has 0 aromatic carbocycles. The normalized spacial score (nSPS) is 15.7. The van der Waals surface area contributed by atoms with Crippen LogP contribution in [0, 0.1) is 0 Å². The summed E-state index contributed by atoms with van der Waals surface area (Å²) in [4.78, 5) is 12.1. The zero-order valence-corrected chi connectivity index (χ0v) is 7.66. The van der Waals surface area contributed by atoms with E-state index in [0.29, 0.717) is 5.82 Å². The third-order valence-electron chi connectivity index (χ3n) is 2.14. The van der Waals surface area contributed by atoms with Gasteiger partial charge in [0.25, 0.3) is 5.82 Å². The highest BCUT2D eigenvalue weighted by Gasteiger charge is 2.44. The fourth-order valence-electron chi connectivity index (χ4n) is 1.55. The lowest BCUT2D eigenvalue weighted by atomic mass is 10.4.